The highest BCUT2D eigenvalue weighted by atomic mass is 32.2. The van der Waals surface area contributed by atoms with E-state index in [9.17, 15) is 22.4 Å². The zero-order valence-corrected chi connectivity index (χ0v) is 21.0. The normalized spacial score (nSPS) is 11.1. The zero-order chi connectivity index (χ0) is 25.4. The highest BCUT2D eigenvalue weighted by Gasteiger charge is 2.28. The predicted octanol–water partition coefficient (Wildman–Crippen LogP) is 4.52. The van der Waals surface area contributed by atoms with E-state index >= 15 is 0 Å². The monoisotopic (exact) mass is 515 g/mol. The molecule has 0 radical (unpaired) electrons. The standard InChI is InChI=1S/C25H26FN3O4S2/c1-3-15-27-25(31)22-9-4-5-10-23(22)28-24(30)17-29(19-8-6-7-18(26)16-19)35(32,33)21-13-11-20(34-2)12-14-21/h4-14,16H,3,15,17H2,1-2H3,(H,27,31)(H,28,30). The maximum atomic E-state index is 14.0. The number of benzene rings is 3. The first-order valence-electron chi connectivity index (χ1n) is 10.9. The predicted molar refractivity (Wildman–Crippen MR) is 137 cm³/mol. The number of thioether (sulfide) groups is 1. The summed E-state index contributed by atoms with van der Waals surface area (Å²) in [5.74, 6) is -1.68. The molecular formula is C25H26FN3O4S2. The Kier molecular flexibility index (Phi) is 8.89. The molecule has 0 atom stereocenters. The minimum Gasteiger partial charge on any atom is -0.352 e. The third-order valence-corrected chi connectivity index (χ3v) is 7.54. The first-order chi connectivity index (χ1) is 16.8. The van der Waals surface area contributed by atoms with Crippen LogP contribution in [0.2, 0.25) is 0 Å². The third kappa shape index (κ3) is 6.61. The third-order valence-electron chi connectivity index (χ3n) is 5.01. The molecule has 0 fully saturated rings. The lowest BCUT2D eigenvalue weighted by Crippen LogP contribution is -2.38. The van der Waals surface area contributed by atoms with Crippen molar-refractivity contribution >= 4 is 45.0 Å². The van der Waals surface area contributed by atoms with Gasteiger partial charge in [-0.15, -0.1) is 11.8 Å². The van der Waals surface area contributed by atoms with Gasteiger partial charge >= 0.3 is 0 Å². The molecule has 0 saturated carbocycles. The van der Waals surface area contributed by atoms with Crippen molar-refractivity contribution in [3.8, 4) is 0 Å². The van der Waals surface area contributed by atoms with Gasteiger partial charge in [-0.05, 0) is 67.3 Å². The highest BCUT2D eigenvalue weighted by Crippen LogP contribution is 2.26. The molecule has 7 nitrogen and oxygen atoms in total. The number of nitrogens with zero attached hydrogens (tertiary/aromatic N) is 1. The molecule has 0 saturated heterocycles. The zero-order valence-electron chi connectivity index (χ0n) is 19.3. The Labute approximate surface area is 208 Å². The van der Waals surface area contributed by atoms with Crippen molar-refractivity contribution in [2.45, 2.75) is 23.1 Å². The fraction of sp³-hybridized carbons (Fsp3) is 0.200. The van der Waals surface area contributed by atoms with Crippen molar-refractivity contribution in [3.05, 3.63) is 84.2 Å². The molecule has 3 rings (SSSR count). The summed E-state index contributed by atoms with van der Waals surface area (Å²) in [6.07, 6.45) is 2.62. The number of anilines is 2. The average Bonchev–Trinajstić information content (AvgIpc) is 2.86. The lowest BCUT2D eigenvalue weighted by Gasteiger charge is -2.24. The number of sulfonamides is 1. The molecule has 0 aliphatic rings. The van der Waals surface area contributed by atoms with Crippen molar-refractivity contribution in [3.63, 3.8) is 0 Å². The van der Waals surface area contributed by atoms with Gasteiger partial charge in [-0.25, -0.2) is 12.8 Å². The second-order valence-electron chi connectivity index (χ2n) is 7.52. The quantitative estimate of drug-likeness (QED) is 0.387. The van der Waals surface area contributed by atoms with E-state index in [1.165, 1.54) is 42.1 Å². The number of halogens is 1. The number of amides is 2. The summed E-state index contributed by atoms with van der Waals surface area (Å²) in [7, 11) is -4.20. The number of carbonyl (C=O) groups is 2. The molecule has 35 heavy (non-hydrogen) atoms. The number of rotatable bonds is 10. The molecule has 0 aliphatic carbocycles. The van der Waals surface area contributed by atoms with Crippen LogP contribution in [0.25, 0.3) is 0 Å². The van der Waals surface area contributed by atoms with Crippen LogP contribution in [-0.2, 0) is 14.8 Å². The molecule has 3 aromatic carbocycles. The van der Waals surface area contributed by atoms with E-state index in [4.69, 9.17) is 0 Å². The second kappa shape index (κ2) is 11.9. The molecule has 3 aromatic rings. The molecule has 0 aromatic heterocycles. The van der Waals surface area contributed by atoms with E-state index in [1.54, 1.807) is 36.4 Å². The lowest BCUT2D eigenvalue weighted by atomic mass is 10.1. The van der Waals surface area contributed by atoms with Crippen molar-refractivity contribution < 1.29 is 22.4 Å². The van der Waals surface area contributed by atoms with Gasteiger partial charge < -0.3 is 10.6 Å². The number of carbonyl (C=O) groups excluding carboxylic acids is 2. The maximum Gasteiger partial charge on any atom is 0.264 e. The summed E-state index contributed by atoms with van der Waals surface area (Å²) in [6.45, 7) is 1.77. The van der Waals surface area contributed by atoms with Crippen molar-refractivity contribution in [2.24, 2.45) is 0 Å². The Balaban J connectivity index is 1.92. The summed E-state index contributed by atoms with van der Waals surface area (Å²) < 4.78 is 41.8. The first-order valence-corrected chi connectivity index (χ1v) is 13.5. The van der Waals surface area contributed by atoms with Gasteiger partial charge in [-0.2, -0.15) is 0 Å². The van der Waals surface area contributed by atoms with Crippen LogP contribution in [0.5, 0.6) is 0 Å². The highest BCUT2D eigenvalue weighted by molar-refractivity contribution is 7.98. The molecule has 10 heteroatoms. The largest absolute Gasteiger partial charge is 0.352 e. The fourth-order valence-corrected chi connectivity index (χ4v) is 5.09. The number of hydrogen-bond acceptors (Lipinski definition) is 5. The van der Waals surface area contributed by atoms with E-state index in [1.807, 2.05) is 13.2 Å². The number of hydrogen-bond donors (Lipinski definition) is 2. The van der Waals surface area contributed by atoms with E-state index in [0.29, 0.717) is 6.54 Å². The van der Waals surface area contributed by atoms with Gasteiger partial charge in [-0.1, -0.05) is 25.1 Å². The van der Waals surface area contributed by atoms with Crippen LogP contribution in [0.15, 0.2) is 82.6 Å². The first kappa shape index (κ1) is 26.2. The maximum absolute atomic E-state index is 14.0. The molecular weight excluding hydrogens is 489 g/mol. The van der Waals surface area contributed by atoms with Crippen LogP contribution in [-0.4, -0.2) is 39.6 Å². The van der Waals surface area contributed by atoms with Crippen molar-refractivity contribution in [1.82, 2.24) is 5.32 Å². The van der Waals surface area contributed by atoms with Crippen LogP contribution >= 0.6 is 11.8 Å². The van der Waals surface area contributed by atoms with Gasteiger partial charge in [0.2, 0.25) is 5.91 Å². The van der Waals surface area contributed by atoms with Gasteiger partial charge in [-0.3, -0.25) is 13.9 Å². The van der Waals surface area contributed by atoms with Crippen molar-refractivity contribution in [2.75, 3.05) is 29.0 Å². The lowest BCUT2D eigenvalue weighted by molar-refractivity contribution is -0.114. The summed E-state index contributed by atoms with van der Waals surface area (Å²) in [5.41, 5.74) is 0.497. The Morgan fingerprint density at radius 3 is 2.37 bits per heavy atom. The van der Waals surface area contributed by atoms with Gasteiger partial charge in [0.25, 0.3) is 15.9 Å². The molecule has 0 unspecified atom stereocenters. The Morgan fingerprint density at radius 1 is 1.00 bits per heavy atom. The van der Waals surface area contributed by atoms with Gasteiger partial charge in [0, 0.05) is 11.4 Å². The Hall–Kier alpha value is -3.37. The molecule has 0 spiro atoms. The Bertz CT molecular complexity index is 1300. The van der Waals surface area contributed by atoms with Gasteiger partial charge in [0.05, 0.1) is 21.8 Å². The van der Waals surface area contributed by atoms with E-state index in [0.717, 1.165) is 21.7 Å². The smallest absolute Gasteiger partial charge is 0.264 e. The SMILES string of the molecule is CCCNC(=O)c1ccccc1NC(=O)CN(c1cccc(F)c1)S(=O)(=O)c1ccc(SC)cc1. The number of nitrogens with one attached hydrogen (secondary N) is 2. The second-order valence-corrected chi connectivity index (χ2v) is 10.3. The Morgan fingerprint density at radius 2 is 1.71 bits per heavy atom. The fourth-order valence-electron chi connectivity index (χ4n) is 3.27. The summed E-state index contributed by atoms with van der Waals surface area (Å²) in [5, 5.41) is 5.37. The van der Waals surface area contributed by atoms with Crippen LogP contribution < -0.4 is 14.9 Å². The van der Waals surface area contributed by atoms with Crippen LogP contribution in [0.4, 0.5) is 15.8 Å². The summed E-state index contributed by atoms with van der Waals surface area (Å²) in [6, 6.07) is 17.7. The van der Waals surface area contributed by atoms with Crippen LogP contribution in [0.3, 0.4) is 0 Å². The minimum absolute atomic E-state index is 0.00284. The molecule has 0 heterocycles. The molecule has 0 bridgehead atoms. The minimum atomic E-state index is -4.20. The van der Waals surface area contributed by atoms with Gasteiger partial charge in [0.1, 0.15) is 12.4 Å². The van der Waals surface area contributed by atoms with E-state index in [2.05, 4.69) is 10.6 Å². The topological polar surface area (TPSA) is 95.6 Å². The van der Waals surface area contributed by atoms with E-state index < -0.39 is 28.3 Å². The van der Waals surface area contributed by atoms with Crippen LogP contribution in [0, 0.1) is 5.82 Å². The van der Waals surface area contributed by atoms with Gasteiger partial charge in [0.15, 0.2) is 0 Å². The average molecular weight is 516 g/mol. The summed E-state index contributed by atoms with van der Waals surface area (Å²) in [4.78, 5) is 26.3. The number of para-hydroxylation sites is 1. The van der Waals surface area contributed by atoms with Crippen molar-refractivity contribution in [1.29, 1.82) is 0 Å². The summed E-state index contributed by atoms with van der Waals surface area (Å²) >= 11 is 1.46. The molecule has 2 N–H and O–H groups in total. The molecule has 184 valence electrons. The molecule has 0 aliphatic heterocycles. The molecule has 2 amide bonds. The van der Waals surface area contributed by atoms with Crippen LogP contribution in [0.1, 0.15) is 23.7 Å². The van der Waals surface area contributed by atoms with E-state index in [-0.39, 0.29) is 27.7 Å².